The van der Waals surface area contributed by atoms with Gasteiger partial charge in [-0.3, -0.25) is 0 Å². The molecule has 0 saturated heterocycles. The number of anilines is 1. The topological polar surface area (TPSA) is 64.3 Å². The van der Waals surface area contributed by atoms with E-state index >= 15 is 0 Å². The van der Waals surface area contributed by atoms with Crippen LogP contribution in [-0.4, -0.2) is 33.0 Å². The zero-order valence-corrected chi connectivity index (χ0v) is 15.2. The zero-order valence-electron chi connectivity index (χ0n) is 15.2. The van der Waals surface area contributed by atoms with Gasteiger partial charge in [0.1, 0.15) is 5.82 Å². The van der Waals surface area contributed by atoms with E-state index in [2.05, 4.69) is 53.5 Å². The van der Waals surface area contributed by atoms with Crippen LogP contribution in [0.3, 0.4) is 0 Å². The maximum absolute atomic E-state index is 5.88. The van der Waals surface area contributed by atoms with Crippen molar-refractivity contribution in [2.45, 2.75) is 39.2 Å². The average Bonchev–Trinajstić information content (AvgIpc) is 3.03. The fourth-order valence-electron chi connectivity index (χ4n) is 2.69. The summed E-state index contributed by atoms with van der Waals surface area (Å²) in [5.74, 6) is 1.62. The maximum Gasteiger partial charge on any atom is 0.178 e. The van der Waals surface area contributed by atoms with E-state index in [1.54, 1.807) is 4.52 Å². The Hall–Kier alpha value is -2.47. The Morgan fingerprint density at radius 3 is 2.52 bits per heavy atom. The summed E-state index contributed by atoms with van der Waals surface area (Å²) in [6, 6.07) is 14.1. The molecule has 0 aliphatic heterocycles. The van der Waals surface area contributed by atoms with E-state index in [0.717, 1.165) is 22.9 Å². The van der Waals surface area contributed by atoms with Crippen molar-refractivity contribution in [3.05, 3.63) is 53.9 Å². The van der Waals surface area contributed by atoms with Crippen LogP contribution >= 0.6 is 0 Å². The Kier molecular flexibility index (Phi) is 4.99. The van der Waals surface area contributed by atoms with Gasteiger partial charge in [0.05, 0.1) is 6.10 Å². The van der Waals surface area contributed by atoms with Crippen molar-refractivity contribution in [1.82, 2.24) is 19.8 Å². The molecular formula is C19H25N5O. The maximum atomic E-state index is 5.88. The highest BCUT2D eigenvalue weighted by molar-refractivity contribution is 5.44. The first-order chi connectivity index (χ1) is 12.0. The number of aromatic nitrogens is 4. The Morgan fingerprint density at radius 1 is 1.08 bits per heavy atom. The second-order valence-electron chi connectivity index (χ2n) is 7.00. The number of nitrogens with one attached hydrogen (secondary N) is 1. The molecule has 0 aliphatic rings. The SMILES string of the molecule is CCOC(CNc1ccc2nnc(C(C)(C)C)n2n1)c1ccccc1. The smallest absolute Gasteiger partial charge is 0.178 e. The fraction of sp³-hybridized carbons (Fsp3) is 0.421. The van der Waals surface area contributed by atoms with Crippen molar-refractivity contribution in [3.8, 4) is 0 Å². The Bertz CT molecular complexity index is 823. The quantitative estimate of drug-likeness (QED) is 0.743. The summed E-state index contributed by atoms with van der Waals surface area (Å²) in [7, 11) is 0. The predicted octanol–water partition coefficient (Wildman–Crippen LogP) is 3.61. The van der Waals surface area contributed by atoms with Crippen LogP contribution < -0.4 is 5.32 Å². The minimum absolute atomic E-state index is 0.0216. The van der Waals surface area contributed by atoms with Gasteiger partial charge in [-0.1, -0.05) is 51.1 Å². The van der Waals surface area contributed by atoms with Gasteiger partial charge in [0.2, 0.25) is 0 Å². The first kappa shape index (κ1) is 17.4. The van der Waals surface area contributed by atoms with Crippen molar-refractivity contribution < 1.29 is 4.74 Å². The molecule has 25 heavy (non-hydrogen) atoms. The van der Waals surface area contributed by atoms with E-state index in [0.29, 0.717) is 13.2 Å². The van der Waals surface area contributed by atoms with Gasteiger partial charge in [0, 0.05) is 18.6 Å². The lowest BCUT2D eigenvalue weighted by Gasteiger charge is -2.19. The van der Waals surface area contributed by atoms with Crippen LogP contribution in [0.2, 0.25) is 0 Å². The minimum Gasteiger partial charge on any atom is -0.372 e. The van der Waals surface area contributed by atoms with E-state index in [1.165, 1.54) is 0 Å². The van der Waals surface area contributed by atoms with Crippen LogP contribution in [0.15, 0.2) is 42.5 Å². The second kappa shape index (κ2) is 7.19. The first-order valence-corrected chi connectivity index (χ1v) is 8.62. The molecule has 6 nitrogen and oxygen atoms in total. The van der Waals surface area contributed by atoms with Crippen LogP contribution in [0.25, 0.3) is 5.65 Å². The zero-order chi connectivity index (χ0) is 17.9. The molecule has 6 heteroatoms. The highest BCUT2D eigenvalue weighted by Gasteiger charge is 2.22. The summed E-state index contributed by atoms with van der Waals surface area (Å²) in [6.07, 6.45) is -0.0216. The number of fused-ring (bicyclic) bond motifs is 1. The second-order valence-corrected chi connectivity index (χ2v) is 7.00. The van der Waals surface area contributed by atoms with Gasteiger partial charge >= 0.3 is 0 Å². The summed E-state index contributed by atoms with van der Waals surface area (Å²) >= 11 is 0. The molecule has 2 heterocycles. The summed E-state index contributed by atoms with van der Waals surface area (Å²) in [6.45, 7) is 9.62. The number of rotatable bonds is 6. The van der Waals surface area contributed by atoms with Gasteiger partial charge in [-0.15, -0.1) is 15.3 Å². The van der Waals surface area contributed by atoms with Gasteiger partial charge in [-0.2, -0.15) is 4.52 Å². The lowest BCUT2D eigenvalue weighted by atomic mass is 9.96. The van der Waals surface area contributed by atoms with E-state index < -0.39 is 0 Å². The Morgan fingerprint density at radius 2 is 1.84 bits per heavy atom. The molecule has 3 aromatic rings. The van der Waals surface area contributed by atoms with Crippen LogP contribution in [0.1, 0.15) is 45.2 Å². The van der Waals surface area contributed by atoms with Crippen LogP contribution in [0.4, 0.5) is 5.82 Å². The molecule has 0 saturated carbocycles. The summed E-state index contributed by atoms with van der Waals surface area (Å²) in [4.78, 5) is 0. The van der Waals surface area contributed by atoms with Gasteiger partial charge in [-0.05, 0) is 24.6 Å². The monoisotopic (exact) mass is 339 g/mol. The number of benzene rings is 1. The summed E-state index contributed by atoms with van der Waals surface area (Å²) in [5.41, 5.74) is 1.78. The van der Waals surface area contributed by atoms with Crippen LogP contribution in [0.5, 0.6) is 0 Å². The molecule has 2 aromatic heterocycles. The van der Waals surface area contributed by atoms with Crippen LogP contribution in [-0.2, 0) is 10.2 Å². The number of hydrogen-bond donors (Lipinski definition) is 1. The third kappa shape index (κ3) is 3.96. The highest BCUT2D eigenvalue weighted by Crippen LogP contribution is 2.21. The molecule has 0 spiro atoms. The molecule has 1 aromatic carbocycles. The van der Waals surface area contributed by atoms with Crippen LogP contribution in [0, 0.1) is 0 Å². The molecule has 1 atom stereocenters. The van der Waals surface area contributed by atoms with Crippen molar-refractivity contribution in [3.63, 3.8) is 0 Å². The largest absolute Gasteiger partial charge is 0.372 e. The molecule has 1 unspecified atom stereocenters. The molecule has 0 aliphatic carbocycles. The van der Waals surface area contributed by atoms with Gasteiger partial charge in [0.15, 0.2) is 11.5 Å². The lowest BCUT2D eigenvalue weighted by Crippen LogP contribution is -2.19. The third-order valence-corrected chi connectivity index (χ3v) is 3.94. The molecule has 132 valence electrons. The molecule has 1 N–H and O–H groups in total. The molecule has 0 fully saturated rings. The Balaban J connectivity index is 1.80. The van der Waals surface area contributed by atoms with Crippen molar-refractivity contribution in [2.75, 3.05) is 18.5 Å². The average molecular weight is 339 g/mol. The van der Waals surface area contributed by atoms with E-state index in [1.807, 2.05) is 37.3 Å². The molecular weight excluding hydrogens is 314 g/mol. The number of nitrogens with zero attached hydrogens (tertiary/aromatic N) is 4. The minimum atomic E-state index is -0.122. The third-order valence-electron chi connectivity index (χ3n) is 3.94. The van der Waals surface area contributed by atoms with E-state index in [4.69, 9.17) is 4.74 Å². The number of hydrogen-bond acceptors (Lipinski definition) is 5. The molecule has 0 amide bonds. The highest BCUT2D eigenvalue weighted by atomic mass is 16.5. The lowest BCUT2D eigenvalue weighted by molar-refractivity contribution is 0.0718. The molecule has 0 radical (unpaired) electrons. The summed E-state index contributed by atoms with van der Waals surface area (Å²) in [5, 5.41) is 16.5. The van der Waals surface area contributed by atoms with Gasteiger partial charge < -0.3 is 10.1 Å². The molecule has 0 bridgehead atoms. The first-order valence-electron chi connectivity index (χ1n) is 8.62. The van der Waals surface area contributed by atoms with Crippen molar-refractivity contribution in [1.29, 1.82) is 0 Å². The van der Waals surface area contributed by atoms with E-state index in [-0.39, 0.29) is 11.5 Å². The van der Waals surface area contributed by atoms with Gasteiger partial charge in [0.25, 0.3) is 0 Å². The normalized spacial score (nSPS) is 13.1. The standard InChI is InChI=1S/C19H25N5O/c1-5-25-15(14-9-7-6-8-10-14)13-20-16-11-12-17-21-22-18(19(2,3)4)24(17)23-16/h6-12,15H,5,13H2,1-4H3,(H,20,23). The predicted molar refractivity (Wildman–Crippen MR) is 98.8 cm³/mol. The summed E-state index contributed by atoms with van der Waals surface area (Å²) < 4.78 is 7.68. The Labute approximate surface area is 148 Å². The van der Waals surface area contributed by atoms with Crippen molar-refractivity contribution in [2.24, 2.45) is 0 Å². The molecule has 3 rings (SSSR count). The van der Waals surface area contributed by atoms with E-state index in [9.17, 15) is 0 Å². The van der Waals surface area contributed by atoms with Crippen molar-refractivity contribution >= 4 is 11.5 Å². The fourth-order valence-corrected chi connectivity index (χ4v) is 2.69. The van der Waals surface area contributed by atoms with Gasteiger partial charge in [-0.25, -0.2) is 0 Å². The number of ether oxygens (including phenoxy) is 1.